The molecule has 1 amide bonds. The van der Waals surface area contributed by atoms with E-state index in [1.807, 2.05) is 25.7 Å². The lowest BCUT2D eigenvalue weighted by Gasteiger charge is -2.35. The zero-order valence-electron chi connectivity index (χ0n) is 16.4. The van der Waals surface area contributed by atoms with Crippen molar-refractivity contribution in [2.45, 2.75) is 33.6 Å². The Morgan fingerprint density at radius 3 is 2.37 bits per heavy atom. The molecule has 1 saturated heterocycles. The molecule has 6 nitrogen and oxygen atoms in total. The molecule has 0 aromatic heterocycles. The Morgan fingerprint density at radius 2 is 1.78 bits per heavy atom. The summed E-state index contributed by atoms with van der Waals surface area (Å²) in [6.45, 7) is 7.91. The van der Waals surface area contributed by atoms with Crippen molar-refractivity contribution in [1.82, 2.24) is 9.62 Å². The van der Waals surface area contributed by atoms with E-state index in [-0.39, 0.29) is 22.9 Å². The van der Waals surface area contributed by atoms with E-state index in [1.165, 1.54) is 10.4 Å². The van der Waals surface area contributed by atoms with Gasteiger partial charge in [0.15, 0.2) is 0 Å². The fourth-order valence-electron chi connectivity index (χ4n) is 3.07. The van der Waals surface area contributed by atoms with Crippen molar-refractivity contribution in [3.63, 3.8) is 0 Å². The topological polar surface area (TPSA) is 69.7 Å². The second-order valence-electron chi connectivity index (χ2n) is 8.09. The zero-order chi connectivity index (χ0) is 20.1. The molecule has 1 aromatic carbocycles. The molecular formula is C19H30FN3O3S. The van der Waals surface area contributed by atoms with Crippen LogP contribution in [-0.2, 0) is 14.8 Å². The molecule has 1 N–H and O–H groups in total. The Labute approximate surface area is 161 Å². The van der Waals surface area contributed by atoms with Gasteiger partial charge in [0.2, 0.25) is 15.9 Å². The summed E-state index contributed by atoms with van der Waals surface area (Å²) in [6, 6.07) is 6.53. The highest BCUT2D eigenvalue weighted by Crippen LogP contribution is 2.21. The van der Waals surface area contributed by atoms with Gasteiger partial charge in [-0.15, -0.1) is 0 Å². The molecule has 1 fully saturated rings. The van der Waals surface area contributed by atoms with Crippen LogP contribution in [0.3, 0.4) is 0 Å². The Morgan fingerprint density at radius 1 is 1.15 bits per heavy atom. The minimum Gasteiger partial charge on any atom is -0.367 e. The lowest BCUT2D eigenvalue weighted by molar-refractivity contribution is -0.122. The van der Waals surface area contributed by atoms with Crippen LogP contribution in [0.4, 0.5) is 10.1 Å². The quantitative estimate of drug-likeness (QED) is 0.714. The van der Waals surface area contributed by atoms with Crippen LogP contribution < -0.4 is 10.2 Å². The summed E-state index contributed by atoms with van der Waals surface area (Å²) in [5.74, 6) is -0.346. The van der Waals surface area contributed by atoms with Gasteiger partial charge in [-0.2, -0.15) is 4.31 Å². The predicted molar refractivity (Wildman–Crippen MR) is 106 cm³/mol. The van der Waals surface area contributed by atoms with Gasteiger partial charge in [-0.1, -0.05) is 32.9 Å². The number of rotatable bonds is 7. The molecule has 0 spiro atoms. The first-order valence-corrected chi connectivity index (χ1v) is 10.9. The number of hydrogen-bond donors (Lipinski definition) is 1. The monoisotopic (exact) mass is 399 g/mol. The lowest BCUT2D eigenvalue weighted by atomic mass is 9.92. The highest BCUT2D eigenvalue weighted by Gasteiger charge is 2.27. The molecule has 152 valence electrons. The van der Waals surface area contributed by atoms with E-state index >= 15 is 0 Å². The van der Waals surface area contributed by atoms with E-state index in [0.29, 0.717) is 51.3 Å². The molecule has 1 heterocycles. The summed E-state index contributed by atoms with van der Waals surface area (Å²) in [5, 5.41) is 2.78. The molecule has 2 rings (SSSR count). The molecule has 0 bridgehead atoms. The third kappa shape index (κ3) is 6.77. The standard InChI is InChI=1S/C19H30FN3O3S/c1-19(2,3)15-18(24)21-9-6-14-27(25,26)23-12-10-22(11-13-23)17-8-5-4-7-16(17)20/h4-5,7-8H,6,9-15H2,1-3H3,(H,21,24). The molecule has 1 aromatic rings. The van der Waals surface area contributed by atoms with Gasteiger partial charge in [0.05, 0.1) is 11.4 Å². The SMILES string of the molecule is CC(C)(C)CC(=O)NCCCS(=O)(=O)N1CCN(c2ccccc2F)CC1. The predicted octanol–water partition coefficient (Wildman–Crippen LogP) is 2.22. The number of halogens is 1. The van der Waals surface area contributed by atoms with Crippen molar-refractivity contribution in [3.05, 3.63) is 30.1 Å². The summed E-state index contributed by atoms with van der Waals surface area (Å²) in [7, 11) is -3.37. The Kier molecular flexibility index (Phi) is 7.22. The van der Waals surface area contributed by atoms with E-state index in [1.54, 1.807) is 18.2 Å². The second kappa shape index (κ2) is 9.01. The van der Waals surface area contributed by atoms with Crippen LogP contribution in [0.15, 0.2) is 24.3 Å². The van der Waals surface area contributed by atoms with E-state index < -0.39 is 10.0 Å². The van der Waals surface area contributed by atoms with Crippen molar-refractivity contribution in [1.29, 1.82) is 0 Å². The van der Waals surface area contributed by atoms with Gasteiger partial charge in [0.1, 0.15) is 5.82 Å². The number of amides is 1. The molecule has 0 unspecified atom stereocenters. The second-order valence-corrected chi connectivity index (χ2v) is 10.2. The molecular weight excluding hydrogens is 369 g/mol. The highest BCUT2D eigenvalue weighted by molar-refractivity contribution is 7.89. The molecule has 0 saturated carbocycles. The van der Waals surface area contributed by atoms with Crippen molar-refractivity contribution in [3.8, 4) is 0 Å². The molecule has 27 heavy (non-hydrogen) atoms. The van der Waals surface area contributed by atoms with Crippen LogP contribution in [0.5, 0.6) is 0 Å². The van der Waals surface area contributed by atoms with Crippen LogP contribution in [0.2, 0.25) is 0 Å². The van der Waals surface area contributed by atoms with E-state index in [0.717, 1.165) is 0 Å². The van der Waals surface area contributed by atoms with Gasteiger partial charge in [-0.25, -0.2) is 12.8 Å². The molecule has 1 aliphatic rings. The van der Waals surface area contributed by atoms with Crippen LogP contribution in [0, 0.1) is 11.2 Å². The summed E-state index contributed by atoms with van der Waals surface area (Å²) in [5.41, 5.74) is 0.421. The van der Waals surface area contributed by atoms with Crippen molar-refractivity contribution >= 4 is 21.6 Å². The molecule has 0 aliphatic carbocycles. The maximum absolute atomic E-state index is 13.9. The first kappa shape index (κ1) is 21.6. The largest absolute Gasteiger partial charge is 0.367 e. The third-order valence-electron chi connectivity index (χ3n) is 4.42. The Bertz CT molecular complexity index is 739. The number of anilines is 1. The molecule has 1 aliphatic heterocycles. The summed E-state index contributed by atoms with van der Waals surface area (Å²) >= 11 is 0. The molecule has 0 atom stereocenters. The number of hydrogen-bond acceptors (Lipinski definition) is 4. The highest BCUT2D eigenvalue weighted by atomic mass is 32.2. The smallest absolute Gasteiger partial charge is 0.220 e. The maximum atomic E-state index is 13.9. The van der Waals surface area contributed by atoms with E-state index in [4.69, 9.17) is 0 Å². The van der Waals surface area contributed by atoms with Crippen LogP contribution >= 0.6 is 0 Å². The third-order valence-corrected chi connectivity index (χ3v) is 6.37. The van der Waals surface area contributed by atoms with E-state index in [2.05, 4.69) is 5.32 Å². The summed E-state index contributed by atoms with van der Waals surface area (Å²) < 4.78 is 40.3. The summed E-state index contributed by atoms with van der Waals surface area (Å²) in [6.07, 6.45) is 0.795. The summed E-state index contributed by atoms with van der Waals surface area (Å²) in [4.78, 5) is 13.6. The van der Waals surface area contributed by atoms with Gasteiger partial charge in [0, 0.05) is 39.1 Å². The van der Waals surface area contributed by atoms with Crippen molar-refractivity contribution < 1.29 is 17.6 Å². The molecule has 8 heteroatoms. The number of nitrogens with zero attached hydrogens (tertiary/aromatic N) is 2. The lowest BCUT2D eigenvalue weighted by Crippen LogP contribution is -2.49. The Balaban J connectivity index is 1.76. The van der Waals surface area contributed by atoms with Crippen LogP contribution in [0.25, 0.3) is 0 Å². The minimum atomic E-state index is -3.37. The first-order chi connectivity index (χ1) is 12.6. The van der Waals surface area contributed by atoms with E-state index in [9.17, 15) is 17.6 Å². The van der Waals surface area contributed by atoms with Crippen LogP contribution in [-0.4, -0.2) is 57.1 Å². The average Bonchev–Trinajstić information content (AvgIpc) is 2.58. The average molecular weight is 400 g/mol. The normalized spacial score (nSPS) is 16.4. The van der Waals surface area contributed by atoms with Crippen molar-refractivity contribution in [2.24, 2.45) is 5.41 Å². The number of para-hydroxylation sites is 1. The van der Waals surface area contributed by atoms with Crippen molar-refractivity contribution in [2.75, 3.05) is 43.4 Å². The fraction of sp³-hybridized carbons (Fsp3) is 0.632. The van der Waals surface area contributed by atoms with Gasteiger partial charge in [-0.3, -0.25) is 4.79 Å². The zero-order valence-corrected chi connectivity index (χ0v) is 17.2. The van der Waals surface area contributed by atoms with Gasteiger partial charge < -0.3 is 10.2 Å². The number of nitrogens with one attached hydrogen (secondary N) is 1. The minimum absolute atomic E-state index is 0.00248. The molecule has 0 radical (unpaired) electrons. The Hall–Kier alpha value is -1.67. The number of sulfonamides is 1. The number of carbonyl (C=O) groups is 1. The number of piperazine rings is 1. The van der Waals surface area contributed by atoms with Gasteiger partial charge >= 0.3 is 0 Å². The number of benzene rings is 1. The van der Waals surface area contributed by atoms with Gasteiger partial charge in [0.25, 0.3) is 0 Å². The number of carbonyl (C=O) groups excluding carboxylic acids is 1. The van der Waals surface area contributed by atoms with Gasteiger partial charge in [-0.05, 0) is 24.0 Å². The van der Waals surface area contributed by atoms with Crippen LogP contribution in [0.1, 0.15) is 33.6 Å². The first-order valence-electron chi connectivity index (χ1n) is 9.32. The maximum Gasteiger partial charge on any atom is 0.220 e. The fourth-order valence-corrected chi connectivity index (χ4v) is 4.56.